The van der Waals surface area contributed by atoms with Gasteiger partial charge in [0.25, 0.3) is 0 Å². The molecule has 0 atom stereocenters. The van der Waals surface area contributed by atoms with Crippen LogP contribution in [0, 0.1) is 11.3 Å². The second-order valence-electron chi connectivity index (χ2n) is 4.77. The lowest BCUT2D eigenvalue weighted by molar-refractivity contribution is 0.0242. The van der Waals surface area contributed by atoms with Crippen LogP contribution < -0.4 is 5.73 Å². The smallest absolute Gasteiger partial charge is 0.0459 e. The van der Waals surface area contributed by atoms with Gasteiger partial charge in [0.1, 0.15) is 0 Å². The Kier molecular flexibility index (Phi) is 2.58. The lowest BCUT2D eigenvalue weighted by Crippen LogP contribution is -2.41. The van der Waals surface area contributed by atoms with Crippen LogP contribution in [0.15, 0.2) is 0 Å². The lowest BCUT2D eigenvalue weighted by Gasteiger charge is -2.44. The van der Waals surface area contributed by atoms with Crippen LogP contribution in [0.25, 0.3) is 0 Å². The first-order valence-corrected chi connectivity index (χ1v) is 5.31. The van der Waals surface area contributed by atoms with Gasteiger partial charge >= 0.3 is 0 Å². The summed E-state index contributed by atoms with van der Waals surface area (Å²) in [5, 5.41) is 8.97. The Morgan fingerprint density at radius 3 is 2.85 bits per heavy atom. The zero-order valence-electron chi connectivity index (χ0n) is 8.21. The third kappa shape index (κ3) is 1.73. The Hall–Kier alpha value is -0.120. The summed E-state index contributed by atoms with van der Waals surface area (Å²) in [5.41, 5.74) is 6.10. The third-order valence-electron chi connectivity index (χ3n) is 3.66. The Bertz CT molecular complexity index is 178. The van der Waals surface area contributed by atoms with Crippen LogP contribution in [-0.4, -0.2) is 42.8 Å². The highest BCUT2D eigenvalue weighted by Gasteiger charge is 2.47. The normalized spacial score (nSPS) is 39.7. The van der Waals surface area contributed by atoms with E-state index in [1.54, 1.807) is 0 Å². The summed E-state index contributed by atoms with van der Waals surface area (Å²) in [5.74, 6) is 0.595. The SMILES string of the molecule is NCCN1CCC2(CC(CO)C2)C1. The quantitative estimate of drug-likeness (QED) is 0.651. The number of nitrogens with zero attached hydrogens (tertiary/aromatic N) is 1. The zero-order valence-corrected chi connectivity index (χ0v) is 8.21. The van der Waals surface area contributed by atoms with E-state index in [1.807, 2.05) is 0 Å². The van der Waals surface area contributed by atoms with Crippen LogP contribution in [-0.2, 0) is 0 Å². The van der Waals surface area contributed by atoms with Crippen LogP contribution in [0.3, 0.4) is 0 Å². The molecular formula is C10H20N2O. The van der Waals surface area contributed by atoms with E-state index in [0.29, 0.717) is 17.9 Å². The number of rotatable bonds is 3. The Balaban J connectivity index is 1.79. The third-order valence-corrected chi connectivity index (χ3v) is 3.66. The van der Waals surface area contributed by atoms with Gasteiger partial charge in [-0.2, -0.15) is 0 Å². The van der Waals surface area contributed by atoms with Gasteiger partial charge in [0, 0.05) is 26.2 Å². The van der Waals surface area contributed by atoms with Crippen molar-refractivity contribution < 1.29 is 5.11 Å². The molecule has 0 unspecified atom stereocenters. The van der Waals surface area contributed by atoms with Gasteiger partial charge in [-0.15, -0.1) is 0 Å². The number of hydrogen-bond acceptors (Lipinski definition) is 3. The molecule has 0 aromatic heterocycles. The van der Waals surface area contributed by atoms with Crippen molar-refractivity contribution in [3.8, 4) is 0 Å². The van der Waals surface area contributed by atoms with Crippen molar-refractivity contribution in [2.75, 3.05) is 32.8 Å². The van der Waals surface area contributed by atoms with E-state index >= 15 is 0 Å². The molecule has 13 heavy (non-hydrogen) atoms. The molecule has 3 N–H and O–H groups in total. The molecule has 1 saturated carbocycles. The number of aliphatic hydroxyl groups excluding tert-OH is 1. The first kappa shape index (κ1) is 9.44. The van der Waals surface area contributed by atoms with E-state index in [2.05, 4.69) is 4.90 Å². The van der Waals surface area contributed by atoms with Gasteiger partial charge in [0.15, 0.2) is 0 Å². The van der Waals surface area contributed by atoms with Gasteiger partial charge in [-0.25, -0.2) is 0 Å². The Labute approximate surface area is 79.9 Å². The topological polar surface area (TPSA) is 49.5 Å². The minimum absolute atomic E-state index is 0.388. The second kappa shape index (κ2) is 3.56. The summed E-state index contributed by atoms with van der Waals surface area (Å²) >= 11 is 0. The summed E-state index contributed by atoms with van der Waals surface area (Å²) in [6, 6.07) is 0. The largest absolute Gasteiger partial charge is 0.396 e. The Morgan fingerprint density at radius 1 is 1.46 bits per heavy atom. The number of likely N-dealkylation sites (tertiary alicyclic amines) is 1. The maximum Gasteiger partial charge on any atom is 0.0459 e. The van der Waals surface area contributed by atoms with Crippen molar-refractivity contribution in [2.24, 2.45) is 17.1 Å². The van der Waals surface area contributed by atoms with Crippen LogP contribution in [0.1, 0.15) is 19.3 Å². The molecule has 2 rings (SSSR count). The molecule has 0 radical (unpaired) electrons. The minimum atomic E-state index is 0.388. The molecule has 1 heterocycles. The summed E-state index contributed by atoms with van der Waals surface area (Å²) in [6.45, 7) is 4.65. The van der Waals surface area contributed by atoms with Gasteiger partial charge in [-0.1, -0.05) is 0 Å². The fourth-order valence-electron chi connectivity index (χ4n) is 3.03. The van der Waals surface area contributed by atoms with Crippen molar-refractivity contribution in [1.29, 1.82) is 0 Å². The molecule has 0 amide bonds. The molecule has 0 aromatic rings. The number of aliphatic hydroxyl groups is 1. The molecule has 0 aromatic carbocycles. The van der Waals surface area contributed by atoms with Crippen molar-refractivity contribution in [2.45, 2.75) is 19.3 Å². The fourth-order valence-corrected chi connectivity index (χ4v) is 3.03. The van der Waals surface area contributed by atoms with Crippen LogP contribution in [0.2, 0.25) is 0 Å². The average molecular weight is 184 g/mol. The van der Waals surface area contributed by atoms with Crippen molar-refractivity contribution >= 4 is 0 Å². The van der Waals surface area contributed by atoms with Crippen LogP contribution in [0.4, 0.5) is 0 Å². The van der Waals surface area contributed by atoms with Gasteiger partial charge in [-0.05, 0) is 37.1 Å². The first-order chi connectivity index (χ1) is 6.28. The Morgan fingerprint density at radius 2 is 2.23 bits per heavy atom. The zero-order chi connectivity index (χ0) is 9.31. The van der Waals surface area contributed by atoms with Crippen LogP contribution >= 0.6 is 0 Å². The monoisotopic (exact) mass is 184 g/mol. The molecular weight excluding hydrogens is 164 g/mol. The number of nitrogens with two attached hydrogens (primary N) is 1. The van der Waals surface area contributed by atoms with E-state index in [0.717, 1.165) is 13.1 Å². The molecule has 1 aliphatic carbocycles. The van der Waals surface area contributed by atoms with Crippen molar-refractivity contribution in [3.05, 3.63) is 0 Å². The summed E-state index contributed by atoms with van der Waals surface area (Å²) in [4.78, 5) is 2.47. The maximum absolute atomic E-state index is 8.97. The molecule has 1 aliphatic heterocycles. The van der Waals surface area contributed by atoms with E-state index in [9.17, 15) is 0 Å². The predicted octanol–water partition coefficient (Wildman–Crippen LogP) is 0.0395. The highest BCUT2D eigenvalue weighted by molar-refractivity contribution is 4.99. The van der Waals surface area contributed by atoms with E-state index in [4.69, 9.17) is 10.8 Å². The van der Waals surface area contributed by atoms with Gasteiger partial charge < -0.3 is 15.7 Å². The van der Waals surface area contributed by atoms with E-state index < -0.39 is 0 Å². The number of hydrogen-bond donors (Lipinski definition) is 2. The molecule has 3 nitrogen and oxygen atoms in total. The highest BCUT2D eigenvalue weighted by Crippen LogP contribution is 2.51. The molecule has 1 saturated heterocycles. The van der Waals surface area contributed by atoms with E-state index in [-0.39, 0.29) is 0 Å². The minimum Gasteiger partial charge on any atom is -0.396 e. The highest BCUT2D eigenvalue weighted by atomic mass is 16.3. The molecule has 76 valence electrons. The molecule has 2 aliphatic rings. The maximum atomic E-state index is 8.97. The summed E-state index contributed by atoms with van der Waals surface area (Å²) in [6.07, 6.45) is 3.80. The summed E-state index contributed by atoms with van der Waals surface area (Å²) < 4.78 is 0. The van der Waals surface area contributed by atoms with Gasteiger partial charge in [0.2, 0.25) is 0 Å². The first-order valence-electron chi connectivity index (χ1n) is 5.31. The van der Waals surface area contributed by atoms with Crippen molar-refractivity contribution in [1.82, 2.24) is 4.90 Å². The molecule has 1 spiro atoms. The van der Waals surface area contributed by atoms with Gasteiger partial charge in [0.05, 0.1) is 0 Å². The molecule has 3 heteroatoms. The molecule has 2 fully saturated rings. The fraction of sp³-hybridized carbons (Fsp3) is 1.00. The molecule has 0 bridgehead atoms. The van der Waals surface area contributed by atoms with E-state index in [1.165, 1.54) is 32.4 Å². The second-order valence-corrected chi connectivity index (χ2v) is 4.77. The van der Waals surface area contributed by atoms with Crippen LogP contribution in [0.5, 0.6) is 0 Å². The summed E-state index contributed by atoms with van der Waals surface area (Å²) in [7, 11) is 0. The van der Waals surface area contributed by atoms with Gasteiger partial charge in [-0.3, -0.25) is 0 Å². The average Bonchev–Trinajstić information content (AvgIpc) is 2.46. The lowest BCUT2D eigenvalue weighted by atomic mass is 9.62. The standard InChI is InChI=1S/C10H20N2O/c11-2-4-12-3-1-10(8-12)5-9(6-10)7-13/h9,13H,1-8,11H2. The predicted molar refractivity (Wildman–Crippen MR) is 52.4 cm³/mol. The van der Waals surface area contributed by atoms with Crippen molar-refractivity contribution in [3.63, 3.8) is 0 Å².